The number of nitrogens with zero attached hydrogens (tertiary/aromatic N) is 1. The second kappa shape index (κ2) is 8.74. The molecule has 1 aliphatic heterocycles. The van der Waals surface area contributed by atoms with Crippen LogP contribution in [0, 0.1) is 12.8 Å². The molecular weight excluding hydrogens is 318 g/mol. The molecule has 1 aromatic carbocycles. The number of aryl methyl sites for hydroxylation is 1. The molecule has 0 bridgehead atoms. The molecule has 1 atom stereocenters. The molecule has 6 heteroatoms. The first kappa shape index (κ1) is 19.1. The smallest absolute Gasteiger partial charge is 0.321 e. The fourth-order valence-electron chi connectivity index (χ4n) is 3.01. The van der Waals surface area contributed by atoms with E-state index in [4.69, 9.17) is 4.74 Å². The van der Waals surface area contributed by atoms with E-state index < -0.39 is 0 Å². The largest absolute Gasteiger partial charge is 0.491 e. The molecule has 6 nitrogen and oxygen atoms in total. The molecule has 25 heavy (non-hydrogen) atoms. The topological polar surface area (TPSA) is 70.7 Å². The van der Waals surface area contributed by atoms with E-state index in [1.54, 1.807) is 4.90 Å². The number of likely N-dealkylation sites (tertiary alicyclic amines) is 1. The number of carbonyl (C=O) groups is 2. The van der Waals surface area contributed by atoms with Crippen LogP contribution in [0.4, 0.5) is 10.5 Å². The van der Waals surface area contributed by atoms with Crippen LogP contribution in [0.1, 0.15) is 39.2 Å². The molecule has 2 rings (SSSR count). The van der Waals surface area contributed by atoms with Crippen molar-refractivity contribution in [1.82, 2.24) is 10.2 Å². The number of hydrogen-bond donors (Lipinski definition) is 2. The minimum atomic E-state index is -0.158. The minimum absolute atomic E-state index is 0.0337. The van der Waals surface area contributed by atoms with Gasteiger partial charge in [0.2, 0.25) is 5.91 Å². The Morgan fingerprint density at radius 3 is 2.76 bits per heavy atom. The molecule has 3 amide bonds. The lowest BCUT2D eigenvalue weighted by molar-refractivity contribution is -0.126. The van der Waals surface area contributed by atoms with Crippen LogP contribution in [0.3, 0.4) is 0 Å². The summed E-state index contributed by atoms with van der Waals surface area (Å²) < 4.78 is 5.67. The van der Waals surface area contributed by atoms with Gasteiger partial charge in [0.25, 0.3) is 0 Å². The Kier molecular flexibility index (Phi) is 6.67. The van der Waals surface area contributed by atoms with Crippen molar-refractivity contribution in [1.29, 1.82) is 0 Å². The number of anilines is 1. The summed E-state index contributed by atoms with van der Waals surface area (Å²) in [6, 6.07) is 5.48. The van der Waals surface area contributed by atoms with Crippen LogP contribution in [-0.2, 0) is 4.79 Å². The lowest BCUT2D eigenvalue weighted by Crippen LogP contribution is -2.46. The fourth-order valence-corrected chi connectivity index (χ4v) is 3.01. The summed E-state index contributed by atoms with van der Waals surface area (Å²) in [6.07, 6.45) is 1.78. The third-order valence-electron chi connectivity index (χ3n) is 4.24. The molecule has 0 aromatic heterocycles. The lowest BCUT2D eigenvalue weighted by Gasteiger charge is -2.32. The van der Waals surface area contributed by atoms with E-state index in [0.717, 1.165) is 29.8 Å². The number of amides is 3. The van der Waals surface area contributed by atoms with Gasteiger partial charge in [0, 0.05) is 25.3 Å². The van der Waals surface area contributed by atoms with E-state index in [0.29, 0.717) is 19.6 Å². The lowest BCUT2D eigenvalue weighted by atomic mass is 9.97. The van der Waals surface area contributed by atoms with Gasteiger partial charge in [-0.15, -0.1) is 0 Å². The Hall–Kier alpha value is -2.24. The third-order valence-corrected chi connectivity index (χ3v) is 4.24. The van der Waals surface area contributed by atoms with Crippen LogP contribution in [0.5, 0.6) is 5.75 Å². The zero-order valence-electron chi connectivity index (χ0n) is 15.6. The summed E-state index contributed by atoms with van der Waals surface area (Å²) in [5, 5.41) is 5.80. The summed E-state index contributed by atoms with van der Waals surface area (Å²) in [7, 11) is 0. The predicted molar refractivity (Wildman–Crippen MR) is 98.9 cm³/mol. The molecule has 0 spiro atoms. The van der Waals surface area contributed by atoms with Gasteiger partial charge in [-0.05, 0) is 64.3 Å². The molecule has 138 valence electrons. The Balaban J connectivity index is 1.98. The van der Waals surface area contributed by atoms with Gasteiger partial charge < -0.3 is 20.3 Å². The molecule has 0 aliphatic carbocycles. The third kappa shape index (κ3) is 5.37. The molecule has 2 N–H and O–H groups in total. The highest BCUT2D eigenvalue weighted by Gasteiger charge is 2.28. The van der Waals surface area contributed by atoms with Crippen molar-refractivity contribution in [3.8, 4) is 5.75 Å². The predicted octanol–water partition coefficient (Wildman–Crippen LogP) is 3.16. The fraction of sp³-hybridized carbons (Fsp3) is 0.579. The highest BCUT2D eigenvalue weighted by atomic mass is 16.5. The van der Waals surface area contributed by atoms with Gasteiger partial charge in [-0.25, -0.2) is 4.79 Å². The summed E-state index contributed by atoms with van der Waals surface area (Å²) in [5.41, 5.74) is 1.71. The normalized spacial score (nSPS) is 17.3. The van der Waals surface area contributed by atoms with Gasteiger partial charge in [-0.3, -0.25) is 4.79 Å². The van der Waals surface area contributed by atoms with Crippen LogP contribution in [-0.4, -0.2) is 42.6 Å². The molecule has 0 unspecified atom stereocenters. The van der Waals surface area contributed by atoms with Crippen LogP contribution in [0.15, 0.2) is 18.2 Å². The van der Waals surface area contributed by atoms with Crippen molar-refractivity contribution in [2.24, 2.45) is 5.92 Å². The van der Waals surface area contributed by atoms with E-state index in [-0.39, 0.29) is 24.0 Å². The zero-order chi connectivity index (χ0) is 18.4. The van der Waals surface area contributed by atoms with Crippen LogP contribution < -0.4 is 15.4 Å². The quantitative estimate of drug-likeness (QED) is 0.859. The Bertz CT molecular complexity index is 616. The maximum Gasteiger partial charge on any atom is 0.321 e. The van der Waals surface area contributed by atoms with Gasteiger partial charge >= 0.3 is 6.03 Å². The van der Waals surface area contributed by atoms with E-state index >= 15 is 0 Å². The van der Waals surface area contributed by atoms with Crippen LogP contribution in [0.25, 0.3) is 0 Å². The Labute approximate surface area is 149 Å². The van der Waals surface area contributed by atoms with Gasteiger partial charge in [-0.2, -0.15) is 0 Å². The number of hydrogen-bond acceptors (Lipinski definition) is 3. The second-order valence-corrected chi connectivity index (χ2v) is 6.75. The second-order valence-electron chi connectivity index (χ2n) is 6.75. The van der Waals surface area contributed by atoms with Crippen molar-refractivity contribution in [3.63, 3.8) is 0 Å². The molecule has 0 saturated carbocycles. The van der Waals surface area contributed by atoms with Crippen molar-refractivity contribution < 1.29 is 14.3 Å². The maximum atomic E-state index is 12.6. The van der Waals surface area contributed by atoms with Crippen LogP contribution >= 0.6 is 0 Å². The van der Waals surface area contributed by atoms with Gasteiger partial charge in [0.05, 0.1) is 12.0 Å². The molecule has 1 saturated heterocycles. The zero-order valence-corrected chi connectivity index (χ0v) is 15.6. The highest BCUT2D eigenvalue weighted by molar-refractivity contribution is 5.91. The average molecular weight is 347 g/mol. The summed E-state index contributed by atoms with van der Waals surface area (Å²) in [4.78, 5) is 26.3. The van der Waals surface area contributed by atoms with E-state index in [9.17, 15) is 9.59 Å². The number of piperidine rings is 1. The number of rotatable bonds is 5. The Morgan fingerprint density at radius 1 is 1.36 bits per heavy atom. The van der Waals surface area contributed by atoms with Gasteiger partial charge in [-0.1, -0.05) is 0 Å². The first-order valence-electron chi connectivity index (χ1n) is 9.01. The molecule has 1 aliphatic rings. The summed E-state index contributed by atoms with van der Waals surface area (Å²) >= 11 is 0. The van der Waals surface area contributed by atoms with E-state index in [2.05, 4.69) is 10.6 Å². The standard InChI is InChI=1S/C19H29N3O3/c1-5-20-18(23)15-7-6-10-22(12-15)19(24)21-17-9-8-16(11-14(17)4)25-13(2)3/h8-9,11,13,15H,5-7,10,12H2,1-4H3,(H,20,23)(H,21,24)/t15-/m1/s1. The molecule has 1 aromatic rings. The monoisotopic (exact) mass is 347 g/mol. The number of urea groups is 1. The SMILES string of the molecule is CCNC(=O)[C@@H]1CCCN(C(=O)Nc2ccc(OC(C)C)cc2C)C1. The van der Waals surface area contributed by atoms with E-state index in [1.807, 2.05) is 45.9 Å². The summed E-state index contributed by atoms with van der Waals surface area (Å²) in [5.74, 6) is 0.702. The van der Waals surface area contributed by atoms with Crippen molar-refractivity contribution >= 4 is 17.6 Å². The molecule has 1 heterocycles. The summed E-state index contributed by atoms with van der Waals surface area (Å²) in [6.45, 7) is 9.56. The first-order valence-corrected chi connectivity index (χ1v) is 9.01. The van der Waals surface area contributed by atoms with Crippen LogP contribution in [0.2, 0.25) is 0 Å². The maximum absolute atomic E-state index is 12.6. The van der Waals surface area contributed by atoms with Gasteiger partial charge in [0.1, 0.15) is 5.75 Å². The number of benzene rings is 1. The molecule has 0 radical (unpaired) electrons. The van der Waals surface area contributed by atoms with Crippen molar-refractivity contribution in [2.45, 2.75) is 46.6 Å². The van der Waals surface area contributed by atoms with Gasteiger partial charge in [0.15, 0.2) is 0 Å². The van der Waals surface area contributed by atoms with E-state index in [1.165, 1.54) is 0 Å². The number of nitrogens with one attached hydrogen (secondary N) is 2. The minimum Gasteiger partial charge on any atom is -0.491 e. The molecule has 1 fully saturated rings. The first-order chi connectivity index (χ1) is 11.9. The highest BCUT2D eigenvalue weighted by Crippen LogP contribution is 2.23. The molecular formula is C19H29N3O3. The average Bonchev–Trinajstić information content (AvgIpc) is 2.57. The Morgan fingerprint density at radius 2 is 2.12 bits per heavy atom. The number of ether oxygens (including phenoxy) is 1. The van der Waals surface area contributed by atoms with Crippen molar-refractivity contribution in [3.05, 3.63) is 23.8 Å². The van der Waals surface area contributed by atoms with Crippen molar-refractivity contribution in [2.75, 3.05) is 25.0 Å². The number of carbonyl (C=O) groups excluding carboxylic acids is 2.